The summed E-state index contributed by atoms with van der Waals surface area (Å²) in [5, 5.41) is 6.14. The van der Waals surface area contributed by atoms with Gasteiger partial charge in [0.25, 0.3) is 21.8 Å². The molecule has 0 saturated heterocycles. The number of hydrogen-bond acceptors (Lipinski definition) is 5. The quantitative estimate of drug-likeness (QED) is 0.296. The number of anilines is 1. The van der Waals surface area contributed by atoms with Crippen LogP contribution in [-0.4, -0.2) is 33.0 Å². The predicted octanol–water partition coefficient (Wildman–Crippen LogP) is 4.04. The first-order valence-corrected chi connectivity index (χ1v) is 12.0. The van der Waals surface area contributed by atoms with Gasteiger partial charge in [-0.25, -0.2) is 13.8 Å². The fourth-order valence-electron chi connectivity index (χ4n) is 2.79. The molecule has 0 spiro atoms. The highest BCUT2D eigenvalue weighted by atomic mass is 35.5. The molecule has 8 nitrogen and oxygen atoms in total. The lowest BCUT2D eigenvalue weighted by molar-refractivity contribution is -0.137. The maximum absolute atomic E-state index is 12.7. The molecule has 2 amide bonds. The van der Waals surface area contributed by atoms with E-state index in [2.05, 4.69) is 20.6 Å². The third-order valence-electron chi connectivity index (χ3n) is 4.58. The zero-order chi connectivity index (χ0) is 26.3. The third kappa shape index (κ3) is 7.30. The molecule has 3 aromatic carbocycles. The summed E-state index contributed by atoms with van der Waals surface area (Å²) in [6, 6.07) is 15.5. The predicted molar refractivity (Wildman–Crippen MR) is 128 cm³/mol. The Morgan fingerprint density at radius 1 is 0.972 bits per heavy atom. The standard InChI is InChI=1S/C23H18ClF3N4O4S/c24-19-6-1-2-7-20(19)31-36(34,35)18-5-3-4-16(12-18)22(33)28-14-21(32)30-29-13-15-8-10-17(11-9-15)23(25,26)27/h1-13,31H,14H2,(H,28,33)(H,30,32)/b29-13+. The maximum atomic E-state index is 12.7. The molecule has 0 unspecified atom stereocenters. The van der Waals surface area contributed by atoms with Crippen molar-refractivity contribution in [2.45, 2.75) is 11.1 Å². The Morgan fingerprint density at radius 3 is 2.33 bits per heavy atom. The zero-order valence-corrected chi connectivity index (χ0v) is 19.8. The van der Waals surface area contributed by atoms with Crippen LogP contribution in [0.1, 0.15) is 21.5 Å². The van der Waals surface area contributed by atoms with Gasteiger partial charge in [-0.1, -0.05) is 41.9 Å². The summed E-state index contributed by atoms with van der Waals surface area (Å²) in [5.41, 5.74) is 1.78. The van der Waals surface area contributed by atoms with Crippen LogP contribution in [-0.2, 0) is 21.0 Å². The van der Waals surface area contributed by atoms with Gasteiger partial charge >= 0.3 is 6.18 Å². The Labute approximate surface area is 209 Å². The van der Waals surface area contributed by atoms with Gasteiger partial charge in [0.1, 0.15) is 0 Å². The van der Waals surface area contributed by atoms with Gasteiger partial charge in [0.05, 0.1) is 33.9 Å². The van der Waals surface area contributed by atoms with Crippen molar-refractivity contribution in [1.82, 2.24) is 10.7 Å². The molecule has 0 heterocycles. The van der Waals surface area contributed by atoms with Crippen LogP contribution in [0.25, 0.3) is 0 Å². The minimum atomic E-state index is -4.46. The van der Waals surface area contributed by atoms with E-state index in [1.54, 1.807) is 12.1 Å². The van der Waals surface area contributed by atoms with Crippen molar-refractivity contribution < 1.29 is 31.2 Å². The van der Waals surface area contributed by atoms with Gasteiger partial charge in [-0.3, -0.25) is 14.3 Å². The average Bonchev–Trinajstić information content (AvgIpc) is 2.84. The number of benzene rings is 3. The van der Waals surface area contributed by atoms with Gasteiger partial charge in [0.15, 0.2) is 0 Å². The van der Waals surface area contributed by atoms with Crippen LogP contribution in [0, 0.1) is 0 Å². The lowest BCUT2D eigenvalue weighted by Crippen LogP contribution is -2.35. The van der Waals surface area contributed by atoms with Crippen molar-refractivity contribution in [3.63, 3.8) is 0 Å². The number of hydrogen-bond donors (Lipinski definition) is 3. The van der Waals surface area contributed by atoms with Crippen molar-refractivity contribution in [3.05, 3.63) is 94.5 Å². The van der Waals surface area contributed by atoms with Crippen molar-refractivity contribution in [2.75, 3.05) is 11.3 Å². The van der Waals surface area contributed by atoms with E-state index in [-0.39, 0.29) is 21.2 Å². The number of nitrogens with one attached hydrogen (secondary N) is 3. The van der Waals surface area contributed by atoms with E-state index in [0.29, 0.717) is 5.56 Å². The van der Waals surface area contributed by atoms with E-state index in [4.69, 9.17) is 11.6 Å². The largest absolute Gasteiger partial charge is 0.416 e. The Hall–Kier alpha value is -3.90. The number of nitrogens with zero attached hydrogens (tertiary/aromatic N) is 1. The summed E-state index contributed by atoms with van der Waals surface area (Å²) in [7, 11) is -4.05. The van der Waals surface area contributed by atoms with Crippen molar-refractivity contribution in [3.8, 4) is 0 Å². The molecular formula is C23H18ClF3N4O4S. The minimum absolute atomic E-state index is 0.0157. The molecule has 0 bridgehead atoms. The van der Waals surface area contributed by atoms with Crippen LogP contribution in [0.2, 0.25) is 5.02 Å². The first-order chi connectivity index (χ1) is 17.0. The van der Waals surface area contributed by atoms with Crippen LogP contribution >= 0.6 is 11.6 Å². The zero-order valence-electron chi connectivity index (χ0n) is 18.2. The molecule has 3 rings (SSSR count). The number of hydrazone groups is 1. The van der Waals surface area contributed by atoms with Crippen LogP contribution in [0.4, 0.5) is 18.9 Å². The molecule has 0 saturated carbocycles. The van der Waals surface area contributed by atoms with E-state index >= 15 is 0 Å². The molecule has 0 aliphatic heterocycles. The van der Waals surface area contributed by atoms with Gasteiger partial charge in [-0.2, -0.15) is 18.3 Å². The number of alkyl halides is 3. The summed E-state index contributed by atoms with van der Waals surface area (Å²) >= 11 is 5.98. The Kier molecular flexibility index (Phi) is 8.33. The normalized spacial score (nSPS) is 11.8. The third-order valence-corrected chi connectivity index (χ3v) is 6.27. The number of halogens is 4. The van der Waals surface area contributed by atoms with E-state index in [1.807, 2.05) is 0 Å². The van der Waals surface area contributed by atoms with Crippen molar-refractivity contribution in [2.24, 2.45) is 5.10 Å². The van der Waals surface area contributed by atoms with E-state index < -0.39 is 40.1 Å². The molecule has 188 valence electrons. The van der Waals surface area contributed by atoms with Crippen LogP contribution in [0.5, 0.6) is 0 Å². The Morgan fingerprint density at radius 2 is 1.67 bits per heavy atom. The molecule has 0 fully saturated rings. The summed E-state index contributed by atoms with van der Waals surface area (Å²) in [6.45, 7) is -0.488. The number of para-hydroxylation sites is 1. The fraction of sp³-hybridized carbons (Fsp3) is 0.0870. The number of sulfonamides is 1. The van der Waals surface area contributed by atoms with Crippen molar-refractivity contribution in [1.29, 1.82) is 0 Å². The topological polar surface area (TPSA) is 117 Å². The molecule has 13 heteroatoms. The smallest absolute Gasteiger partial charge is 0.343 e. The maximum Gasteiger partial charge on any atom is 0.416 e. The second kappa shape index (κ2) is 11.2. The Balaban J connectivity index is 1.55. The van der Waals surface area contributed by atoms with Gasteiger partial charge in [0.2, 0.25) is 0 Å². The molecule has 36 heavy (non-hydrogen) atoms. The highest BCUT2D eigenvalue weighted by Gasteiger charge is 2.29. The van der Waals surface area contributed by atoms with Crippen LogP contribution < -0.4 is 15.5 Å². The summed E-state index contributed by atoms with van der Waals surface area (Å²) in [5.74, 6) is -1.43. The Bertz CT molecular complexity index is 1390. The first-order valence-electron chi connectivity index (χ1n) is 10.1. The molecule has 3 aromatic rings. The average molecular weight is 539 g/mol. The highest BCUT2D eigenvalue weighted by molar-refractivity contribution is 7.92. The summed E-state index contributed by atoms with van der Waals surface area (Å²) in [6.07, 6.45) is -3.32. The monoisotopic (exact) mass is 538 g/mol. The molecule has 0 aliphatic carbocycles. The van der Waals surface area contributed by atoms with E-state index in [9.17, 15) is 31.2 Å². The van der Waals surface area contributed by atoms with Crippen molar-refractivity contribution >= 4 is 45.3 Å². The number of carbonyl (C=O) groups excluding carboxylic acids is 2. The second-order valence-corrected chi connectivity index (χ2v) is 9.30. The fourth-order valence-corrected chi connectivity index (χ4v) is 4.16. The second-order valence-electron chi connectivity index (χ2n) is 7.21. The summed E-state index contributed by atoms with van der Waals surface area (Å²) in [4.78, 5) is 24.1. The SMILES string of the molecule is O=C(CNC(=O)c1cccc(S(=O)(=O)Nc2ccccc2Cl)c1)N/N=C/c1ccc(C(F)(F)F)cc1. The molecular weight excluding hydrogens is 521 g/mol. The lowest BCUT2D eigenvalue weighted by Gasteiger charge is -2.10. The highest BCUT2D eigenvalue weighted by Crippen LogP contribution is 2.29. The lowest BCUT2D eigenvalue weighted by atomic mass is 10.1. The molecule has 3 N–H and O–H groups in total. The minimum Gasteiger partial charge on any atom is -0.343 e. The molecule has 0 aromatic heterocycles. The number of amides is 2. The van der Waals surface area contributed by atoms with Gasteiger partial charge < -0.3 is 5.32 Å². The molecule has 0 atom stereocenters. The summed E-state index contributed by atoms with van der Waals surface area (Å²) < 4.78 is 65.4. The van der Waals surface area contributed by atoms with Crippen LogP contribution in [0.15, 0.2) is 82.8 Å². The molecule has 0 aliphatic rings. The van der Waals surface area contributed by atoms with Gasteiger partial charge in [-0.05, 0) is 48.0 Å². The van der Waals surface area contributed by atoms with E-state index in [1.165, 1.54) is 42.5 Å². The number of rotatable bonds is 8. The van der Waals surface area contributed by atoms with Gasteiger partial charge in [0, 0.05) is 5.56 Å². The van der Waals surface area contributed by atoms with Crippen LogP contribution in [0.3, 0.4) is 0 Å². The van der Waals surface area contributed by atoms with Gasteiger partial charge in [-0.15, -0.1) is 0 Å². The molecule has 0 radical (unpaired) electrons. The number of carbonyl (C=O) groups is 2. The first kappa shape index (κ1) is 26.7. The van der Waals surface area contributed by atoms with E-state index in [0.717, 1.165) is 24.4 Å².